The smallest absolute Gasteiger partial charge is 0.379 e. The van der Waals surface area contributed by atoms with Crippen molar-refractivity contribution in [3.05, 3.63) is 0 Å². The Morgan fingerprint density at radius 3 is 2.25 bits per heavy atom. The van der Waals surface area contributed by atoms with Crippen molar-refractivity contribution in [3.63, 3.8) is 0 Å². The van der Waals surface area contributed by atoms with Crippen LogP contribution in [0.3, 0.4) is 0 Å². The summed E-state index contributed by atoms with van der Waals surface area (Å²) >= 11 is 0. The second-order valence-corrected chi connectivity index (χ2v) is 4.10. The second kappa shape index (κ2) is 8.82. The average molecular weight is 241 g/mol. The van der Waals surface area contributed by atoms with Gasteiger partial charge in [0.25, 0.3) is 0 Å². The van der Waals surface area contributed by atoms with Gasteiger partial charge in [0.15, 0.2) is 0 Å². The fourth-order valence-corrected chi connectivity index (χ4v) is 1.21. The van der Waals surface area contributed by atoms with E-state index in [9.17, 15) is 13.2 Å². The SMILES string of the molecule is CC(C)OCCCCNCCCC(F)(F)F. The number of rotatable bonds is 9. The van der Waals surface area contributed by atoms with Gasteiger partial charge in [-0.05, 0) is 46.2 Å². The Kier molecular flexibility index (Phi) is 8.66. The minimum absolute atomic E-state index is 0.159. The van der Waals surface area contributed by atoms with E-state index >= 15 is 0 Å². The van der Waals surface area contributed by atoms with Crippen LogP contribution in [0.4, 0.5) is 13.2 Å². The topological polar surface area (TPSA) is 21.3 Å². The molecule has 0 aromatic rings. The first-order valence-electron chi connectivity index (χ1n) is 5.81. The van der Waals surface area contributed by atoms with Crippen LogP contribution in [0.1, 0.15) is 39.5 Å². The van der Waals surface area contributed by atoms with Crippen molar-refractivity contribution in [1.29, 1.82) is 0 Å². The van der Waals surface area contributed by atoms with Crippen molar-refractivity contribution >= 4 is 0 Å². The highest BCUT2D eigenvalue weighted by atomic mass is 19.4. The van der Waals surface area contributed by atoms with E-state index in [4.69, 9.17) is 4.74 Å². The molecule has 0 heterocycles. The molecule has 0 aliphatic rings. The summed E-state index contributed by atoms with van der Waals surface area (Å²) in [4.78, 5) is 0. The number of ether oxygens (including phenoxy) is 1. The van der Waals surface area contributed by atoms with Crippen molar-refractivity contribution in [2.75, 3.05) is 19.7 Å². The van der Waals surface area contributed by atoms with Crippen LogP contribution in [0.15, 0.2) is 0 Å². The Hall–Kier alpha value is -0.290. The molecule has 16 heavy (non-hydrogen) atoms. The van der Waals surface area contributed by atoms with Gasteiger partial charge < -0.3 is 10.1 Å². The molecule has 1 N–H and O–H groups in total. The van der Waals surface area contributed by atoms with Gasteiger partial charge in [-0.25, -0.2) is 0 Å². The van der Waals surface area contributed by atoms with Crippen LogP contribution in [0.2, 0.25) is 0 Å². The highest BCUT2D eigenvalue weighted by Gasteiger charge is 2.25. The van der Waals surface area contributed by atoms with Gasteiger partial charge in [-0.3, -0.25) is 0 Å². The van der Waals surface area contributed by atoms with Crippen molar-refractivity contribution in [2.24, 2.45) is 0 Å². The van der Waals surface area contributed by atoms with E-state index in [1.54, 1.807) is 0 Å². The van der Waals surface area contributed by atoms with Crippen LogP contribution < -0.4 is 5.32 Å². The maximum atomic E-state index is 11.8. The Morgan fingerprint density at radius 2 is 1.69 bits per heavy atom. The average Bonchev–Trinajstić information content (AvgIpc) is 2.13. The number of unbranched alkanes of at least 4 members (excludes halogenated alkanes) is 1. The lowest BCUT2D eigenvalue weighted by atomic mass is 10.3. The summed E-state index contributed by atoms with van der Waals surface area (Å²) in [5, 5.41) is 2.99. The molecule has 0 radical (unpaired) electrons. The maximum Gasteiger partial charge on any atom is 0.389 e. The highest BCUT2D eigenvalue weighted by Crippen LogP contribution is 2.20. The summed E-state index contributed by atoms with van der Waals surface area (Å²) in [7, 11) is 0. The van der Waals surface area contributed by atoms with Crippen LogP contribution in [0.25, 0.3) is 0 Å². The Bertz CT molecular complexity index is 160. The number of hydrogen-bond acceptors (Lipinski definition) is 2. The van der Waals surface area contributed by atoms with Crippen molar-refractivity contribution in [3.8, 4) is 0 Å². The molecule has 0 atom stereocenters. The van der Waals surface area contributed by atoms with E-state index in [1.165, 1.54) is 0 Å². The van der Waals surface area contributed by atoms with Gasteiger partial charge in [0.1, 0.15) is 0 Å². The summed E-state index contributed by atoms with van der Waals surface area (Å²) in [6.45, 7) is 5.89. The molecule has 0 spiro atoms. The first-order chi connectivity index (χ1) is 7.42. The first-order valence-corrected chi connectivity index (χ1v) is 5.81. The highest BCUT2D eigenvalue weighted by molar-refractivity contribution is 4.54. The molecular formula is C11H22F3NO. The molecule has 0 saturated heterocycles. The molecule has 0 aliphatic heterocycles. The molecule has 0 rings (SSSR count). The molecule has 0 aromatic heterocycles. The number of nitrogens with one attached hydrogen (secondary N) is 1. The predicted octanol–water partition coefficient (Wildman–Crippen LogP) is 3.12. The van der Waals surface area contributed by atoms with Gasteiger partial charge in [-0.1, -0.05) is 0 Å². The molecular weight excluding hydrogens is 219 g/mol. The summed E-state index contributed by atoms with van der Waals surface area (Å²) in [6.07, 6.45) is -2.42. The molecule has 0 bridgehead atoms. The monoisotopic (exact) mass is 241 g/mol. The van der Waals surface area contributed by atoms with Crippen molar-refractivity contribution in [1.82, 2.24) is 5.32 Å². The van der Waals surface area contributed by atoms with Gasteiger partial charge in [0.05, 0.1) is 6.10 Å². The fraction of sp³-hybridized carbons (Fsp3) is 1.00. The molecule has 0 saturated carbocycles. The first kappa shape index (κ1) is 15.7. The normalized spacial score (nSPS) is 12.4. The maximum absolute atomic E-state index is 11.8. The molecule has 0 fully saturated rings. The van der Waals surface area contributed by atoms with Gasteiger partial charge in [0, 0.05) is 13.0 Å². The van der Waals surface area contributed by atoms with E-state index in [1.807, 2.05) is 13.8 Å². The predicted molar refractivity (Wildman–Crippen MR) is 58.5 cm³/mol. The van der Waals surface area contributed by atoms with Gasteiger partial charge in [-0.15, -0.1) is 0 Å². The number of alkyl halides is 3. The van der Waals surface area contributed by atoms with Gasteiger partial charge in [0.2, 0.25) is 0 Å². The fourth-order valence-electron chi connectivity index (χ4n) is 1.21. The van der Waals surface area contributed by atoms with Crippen LogP contribution >= 0.6 is 0 Å². The lowest BCUT2D eigenvalue weighted by Gasteiger charge is -2.08. The van der Waals surface area contributed by atoms with E-state index in [-0.39, 0.29) is 12.5 Å². The third kappa shape index (κ3) is 13.7. The molecule has 5 heteroatoms. The molecule has 0 aliphatic carbocycles. The van der Waals surface area contributed by atoms with Crippen LogP contribution in [-0.2, 0) is 4.74 Å². The Balaban J connectivity index is 3.05. The zero-order valence-electron chi connectivity index (χ0n) is 10.1. The van der Waals surface area contributed by atoms with Crippen LogP contribution in [0, 0.1) is 0 Å². The van der Waals surface area contributed by atoms with E-state index in [0.29, 0.717) is 6.54 Å². The Labute approximate surface area is 95.5 Å². The molecule has 0 amide bonds. The van der Waals surface area contributed by atoms with Gasteiger partial charge in [-0.2, -0.15) is 13.2 Å². The largest absolute Gasteiger partial charge is 0.389 e. The molecule has 0 unspecified atom stereocenters. The third-order valence-electron chi connectivity index (χ3n) is 2.01. The molecule has 0 aromatic carbocycles. The number of hydrogen-bond donors (Lipinski definition) is 1. The zero-order chi connectivity index (χ0) is 12.4. The minimum atomic E-state index is -4.02. The lowest BCUT2D eigenvalue weighted by Crippen LogP contribution is -2.19. The quantitative estimate of drug-likeness (QED) is 0.626. The Morgan fingerprint density at radius 1 is 1.06 bits per heavy atom. The third-order valence-corrected chi connectivity index (χ3v) is 2.01. The van der Waals surface area contributed by atoms with Crippen molar-refractivity contribution < 1.29 is 17.9 Å². The molecule has 2 nitrogen and oxygen atoms in total. The zero-order valence-corrected chi connectivity index (χ0v) is 10.1. The van der Waals surface area contributed by atoms with Crippen LogP contribution in [0.5, 0.6) is 0 Å². The standard InChI is InChI=1S/C11H22F3NO/c1-10(2)16-9-4-3-7-15-8-5-6-11(12,13)14/h10,15H,3-9H2,1-2H3. The van der Waals surface area contributed by atoms with E-state index < -0.39 is 12.6 Å². The van der Waals surface area contributed by atoms with Gasteiger partial charge >= 0.3 is 6.18 Å². The summed E-state index contributed by atoms with van der Waals surface area (Å²) < 4.78 is 40.6. The summed E-state index contributed by atoms with van der Waals surface area (Å²) in [5.74, 6) is 0. The minimum Gasteiger partial charge on any atom is -0.379 e. The number of halogens is 3. The molecule has 98 valence electrons. The second-order valence-electron chi connectivity index (χ2n) is 4.10. The van der Waals surface area contributed by atoms with Crippen LogP contribution in [-0.4, -0.2) is 32.0 Å². The summed E-state index contributed by atoms with van der Waals surface area (Å²) in [6, 6.07) is 0. The van der Waals surface area contributed by atoms with E-state index in [2.05, 4.69) is 5.32 Å². The lowest BCUT2D eigenvalue weighted by molar-refractivity contribution is -0.135. The summed E-state index contributed by atoms with van der Waals surface area (Å²) in [5.41, 5.74) is 0. The van der Waals surface area contributed by atoms with E-state index in [0.717, 1.165) is 26.0 Å². The van der Waals surface area contributed by atoms with Crippen molar-refractivity contribution in [2.45, 2.75) is 51.8 Å².